The molecule has 78 valence electrons. The summed E-state index contributed by atoms with van der Waals surface area (Å²) >= 11 is 3.25. The van der Waals surface area contributed by atoms with Crippen LogP contribution in [0.5, 0.6) is 0 Å². The van der Waals surface area contributed by atoms with Crippen LogP contribution in [0.4, 0.5) is 4.39 Å². The number of aryl methyl sites for hydroxylation is 1. The molecule has 1 aromatic heterocycles. The van der Waals surface area contributed by atoms with Gasteiger partial charge in [-0.25, -0.2) is 4.39 Å². The number of halogens is 2. The van der Waals surface area contributed by atoms with Gasteiger partial charge in [-0.05, 0) is 18.2 Å². The first-order valence-electron chi connectivity index (χ1n) is 4.29. The van der Waals surface area contributed by atoms with E-state index in [2.05, 4.69) is 21.0 Å². The molecule has 0 bridgehead atoms. The van der Waals surface area contributed by atoms with Gasteiger partial charge in [-0.15, -0.1) is 0 Å². The number of nitrogens with zero attached hydrogens (tertiary/aromatic N) is 1. The van der Waals surface area contributed by atoms with Crippen molar-refractivity contribution >= 4 is 15.9 Å². The Morgan fingerprint density at radius 1 is 1.40 bits per heavy atom. The van der Waals surface area contributed by atoms with Gasteiger partial charge in [-0.1, -0.05) is 15.9 Å². The van der Waals surface area contributed by atoms with Crippen molar-refractivity contribution < 1.29 is 4.39 Å². The monoisotopic (exact) mass is 270 g/mol. The Morgan fingerprint density at radius 2 is 2.13 bits per heavy atom. The summed E-state index contributed by atoms with van der Waals surface area (Å²) < 4.78 is 15.5. The minimum absolute atomic E-state index is 0.190. The molecular formula is C10H8BrFN2O. The first-order valence-corrected chi connectivity index (χ1v) is 5.08. The number of aromatic amines is 1. The second kappa shape index (κ2) is 3.66. The number of rotatable bonds is 1. The molecule has 0 spiro atoms. The molecule has 2 rings (SSSR count). The van der Waals surface area contributed by atoms with E-state index in [1.165, 1.54) is 16.8 Å². The highest BCUT2D eigenvalue weighted by atomic mass is 79.9. The lowest BCUT2D eigenvalue weighted by atomic mass is 10.1. The Kier molecular flexibility index (Phi) is 2.48. The zero-order valence-corrected chi connectivity index (χ0v) is 9.51. The van der Waals surface area contributed by atoms with Crippen LogP contribution in [0.15, 0.2) is 33.5 Å². The largest absolute Gasteiger partial charge is 0.295 e. The number of H-pyrrole nitrogens is 1. The third kappa shape index (κ3) is 1.87. The molecule has 15 heavy (non-hydrogen) atoms. The van der Waals surface area contributed by atoms with E-state index >= 15 is 0 Å². The van der Waals surface area contributed by atoms with Gasteiger partial charge >= 0.3 is 0 Å². The molecule has 0 saturated heterocycles. The van der Waals surface area contributed by atoms with Crippen molar-refractivity contribution in [2.24, 2.45) is 7.05 Å². The van der Waals surface area contributed by atoms with Gasteiger partial charge < -0.3 is 0 Å². The van der Waals surface area contributed by atoms with Gasteiger partial charge in [0.25, 0.3) is 5.56 Å². The highest BCUT2D eigenvalue weighted by Crippen LogP contribution is 2.23. The van der Waals surface area contributed by atoms with Crippen LogP contribution in [0.2, 0.25) is 0 Å². The molecule has 0 radical (unpaired) electrons. The van der Waals surface area contributed by atoms with Gasteiger partial charge in [0, 0.05) is 23.2 Å². The maximum absolute atomic E-state index is 13.4. The van der Waals surface area contributed by atoms with E-state index < -0.39 is 0 Å². The van der Waals surface area contributed by atoms with E-state index in [0.29, 0.717) is 11.3 Å². The predicted molar refractivity (Wildman–Crippen MR) is 59.1 cm³/mol. The first-order chi connectivity index (χ1) is 7.08. The van der Waals surface area contributed by atoms with E-state index in [1.54, 1.807) is 19.2 Å². The van der Waals surface area contributed by atoms with Crippen molar-refractivity contribution in [1.82, 2.24) is 9.78 Å². The Labute approximate surface area is 93.7 Å². The molecule has 0 saturated carbocycles. The molecule has 0 atom stereocenters. The summed E-state index contributed by atoms with van der Waals surface area (Å²) in [4.78, 5) is 11.2. The third-order valence-electron chi connectivity index (χ3n) is 2.11. The topological polar surface area (TPSA) is 37.8 Å². The molecule has 0 amide bonds. The number of aromatic nitrogens is 2. The van der Waals surface area contributed by atoms with E-state index in [0.717, 1.165) is 4.47 Å². The minimum atomic E-state index is -0.361. The maximum Gasteiger partial charge on any atom is 0.266 e. The fourth-order valence-corrected chi connectivity index (χ4v) is 1.69. The summed E-state index contributed by atoms with van der Waals surface area (Å²) in [6.07, 6.45) is 0. The molecule has 2 aromatic rings. The van der Waals surface area contributed by atoms with Crippen LogP contribution in [0.25, 0.3) is 11.3 Å². The van der Waals surface area contributed by atoms with Crippen LogP contribution in [0.3, 0.4) is 0 Å². The highest BCUT2D eigenvalue weighted by Gasteiger charge is 2.08. The summed E-state index contributed by atoms with van der Waals surface area (Å²) in [5, 5.41) is 2.77. The average Bonchev–Trinajstić information content (AvgIpc) is 2.51. The second-order valence-electron chi connectivity index (χ2n) is 3.19. The van der Waals surface area contributed by atoms with Gasteiger partial charge in [0.05, 0.1) is 5.69 Å². The number of nitrogens with one attached hydrogen (secondary N) is 1. The van der Waals surface area contributed by atoms with Crippen molar-refractivity contribution in [2.45, 2.75) is 0 Å². The summed E-state index contributed by atoms with van der Waals surface area (Å²) in [5.74, 6) is -0.361. The molecule has 5 heteroatoms. The lowest BCUT2D eigenvalue weighted by Crippen LogP contribution is -2.09. The van der Waals surface area contributed by atoms with Crippen molar-refractivity contribution in [3.63, 3.8) is 0 Å². The zero-order chi connectivity index (χ0) is 11.0. The van der Waals surface area contributed by atoms with Crippen molar-refractivity contribution in [2.75, 3.05) is 0 Å². The number of benzene rings is 1. The highest BCUT2D eigenvalue weighted by molar-refractivity contribution is 9.10. The SMILES string of the molecule is Cn1[nH]c(-c2cc(Br)ccc2F)cc1=O. The number of hydrogen-bond donors (Lipinski definition) is 1. The van der Waals surface area contributed by atoms with Crippen LogP contribution >= 0.6 is 15.9 Å². The fourth-order valence-electron chi connectivity index (χ4n) is 1.33. The molecule has 1 heterocycles. The van der Waals surface area contributed by atoms with Crippen LogP contribution < -0.4 is 5.56 Å². The van der Waals surface area contributed by atoms with Crippen LogP contribution in [-0.4, -0.2) is 9.78 Å². The molecular weight excluding hydrogens is 263 g/mol. The van der Waals surface area contributed by atoms with Gasteiger partial charge in [-0.3, -0.25) is 14.6 Å². The first kappa shape index (κ1) is 10.2. The molecule has 1 aromatic carbocycles. The van der Waals surface area contributed by atoms with E-state index in [4.69, 9.17) is 0 Å². The normalized spacial score (nSPS) is 10.6. The maximum atomic E-state index is 13.4. The molecule has 3 nitrogen and oxygen atoms in total. The van der Waals surface area contributed by atoms with Crippen molar-refractivity contribution in [3.8, 4) is 11.3 Å². The zero-order valence-electron chi connectivity index (χ0n) is 7.92. The summed E-state index contributed by atoms with van der Waals surface area (Å²) in [6, 6.07) is 5.95. The molecule has 0 aliphatic heterocycles. The lowest BCUT2D eigenvalue weighted by molar-refractivity contribution is 0.629. The molecule has 0 aliphatic carbocycles. The third-order valence-corrected chi connectivity index (χ3v) is 2.60. The summed E-state index contributed by atoms with van der Waals surface area (Å²) in [7, 11) is 1.59. The van der Waals surface area contributed by atoms with Crippen molar-refractivity contribution in [1.29, 1.82) is 0 Å². The molecule has 0 aliphatic rings. The average molecular weight is 271 g/mol. The van der Waals surface area contributed by atoms with Crippen LogP contribution in [-0.2, 0) is 7.05 Å². The predicted octanol–water partition coefficient (Wildman–Crippen LogP) is 2.28. The van der Waals surface area contributed by atoms with E-state index in [9.17, 15) is 9.18 Å². The Bertz CT molecular complexity index is 559. The fraction of sp³-hybridized carbons (Fsp3) is 0.100. The van der Waals surface area contributed by atoms with Gasteiger partial charge in [0.15, 0.2) is 0 Å². The molecule has 0 unspecified atom stereocenters. The molecule has 1 N–H and O–H groups in total. The van der Waals surface area contributed by atoms with Gasteiger partial charge in [-0.2, -0.15) is 0 Å². The quantitative estimate of drug-likeness (QED) is 0.849. The lowest BCUT2D eigenvalue weighted by Gasteiger charge is -2.00. The Hall–Kier alpha value is -1.36. The standard InChI is InChI=1S/C10H8BrFN2O/c1-14-10(15)5-9(13-14)7-4-6(11)2-3-8(7)12/h2-5,13H,1H3. The Balaban J connectivity index is 2.63. The summed E-state index contributed by atoms with van der Waals surface area (Å²) in [5.41, 5.74) is 0.660. The number of hydrogen-bond acceptors (Lipinski definition) is 1. The van der Waals surface area contributed by atoms with Crippen molar-refractivity contribution in [3.05, 3.63) is 44.9 Å². The van der Waals surface area contributed by atoms with E-state index in [1.807, 2.05) is 0 Å². The van der Waals surface area contributed by atoms with Crippen LogP contribution in [0, 0.1) is 5.82 Å². The smallest absolute Gasteiger partial charge is 0.266 e. The summed E-state index contributed by atoms with van der Waals surface area (Å²) in [6.45, 7) is 0. The minimum Gasteiger partial charge on any atom is -0.295 e. The molecule has 0 fully saturated rings. The Morgan fingerprint density at radius 3 is 2.73 bits per heavy atom. The van der Waals surface area contributed by atoms with Gasteiger partial charge in [0.1, 0.15) is 5.82 Å². The van der Waals surface area contributed by atoms with Crippen LogP contribution in [0.1, 0.15) is 0 Å². The van der Waals surface area contributed by atoms with E-state index in [-0.39, 0.29) is 11.4 Å². The van der Waals surface area contributed by atoms with Gasteiger partial charge in [0.2, 0.25) is 0 Å². The second-order valence-corrected chi connectivity index (χ2v) is 4.11.